The van der Waals surface area contributed by atoms with Gasteiger partial charge in [0.1, 0.15) is 5.92 Å². The molecule has 1 aromatic carbocycles. The van der Waals surface area contributed by atoms with Gasteiger partial charge < -0.3 is 14.9 Å². The number of benzene rings is 1. The van der Waals surface area contributed by atoms with Crippen LogP contribution in [0.25, 0.3) is 0 Å². The predicted molar refractivity (Wildman–Crippen MR) is 95.8 cm³/mol. The smallest absolute Gasteiger partial charge is 0.231 e. The number of hydrogen-bond acceptors (Lipinski definition) is 6. The van der Waals surface area contributed by atoms with Crippen LogP contribution in [0.2, 0.25) is 0 Å². The fourth-order valence-corrected chi connectivity index (χ4v) is 4.69. The standard InChI is InChI=1S/C21H18N4O2/c1-12-2-4-14-15(6-12)19(13-3-5-17-18(7-13)27-11-26-17)21(9-23,10-24)20(25)16(14)8-22/h3-5,7,12,15-16,19,25H,2,6,11H2,1H3/t12-,15-,16?,19+/m0/s1. The van der Waals surface area contributed by atoms with E-state index >= 15 is 0 Å². The van der Waals surface area contributed by atoms with E-state index in [0.29, 0.717) is 17.4 Å². The third-order valence-electron chi connectivity index (χ3n) is 5.99. The molecule has 0 radical (unpaired) electrons. The predicted octanol–water partition coefficient (Wildman–Crippen LogP) is 3.68. The summed E-state index contributed by atoms with van der Waals surface area (Å²) in [5.41, 5.74) is -0.139. The van der Waals surface area contributed by atoms with E-state index in [2.05, 4.69) is 25.1 Å². The van der Waals surface area contributed by atoms with Crippen LogP contribution in [0.1, 0.15) is 31.2 Å². The minimum atomic E-state index is -1.67. The number of rotatable bonds is 1. The van der Waals surface area contributed by atoms with Gasteiger partial charge in [0.25, 0.3) is 0 Å². The van der Waals surface area contributed by atoms with Crippen LogP contribution in [0.5, 0.6) is 11.5 Å². The Kier molecular flexibility index (Phi) is 3.90. The Morgan fingerprint density at radius 3 is 2.59 bits per heavy atom. The van der Waals surface area contributed by atoms with E-state index in [1.807, 2.05) is 18.2 Å². The molecule has 0 spiro atoms. The molecule has 4 atom stereocenters. The van der Waals surface area contributed by atoms with Crippen molar-refractivity contribution in [2.75, 3.05) is 6.79 Å². The summed E-state index contributed by atoms with van der Waals surface area (Å²) in [6.07, 6.45) is 3.67. The fourth-order valence-electron chi connectivity index (χ4n) is 4.69. The number of ether oxygens (including phenoxy) is 2. The second-order valence-corrected chi connectivity index (χ2v) is 7.48. The summed E-state index contributed by atoms with van der Waals surface area (Å²) in [6.45, 7) is 2.27. The Labute approximate surface area is 157 Å². The van der Waals surface area contributed by atoms with Crippen LogP contribution >= 0.6 is 0 Å². The van der Waals surface area contributed by atoms with Gasteiger partial charge in [-0.15, -0.1) is 0 Å². The monoisotopic (exact) mass is 358 g/mol. The molecule has 0 aromatic heterocycles. The minimum Gasteiger partial charge on any atom is -0.454 e. The molecule has 6 nitrogen and oxygen atoms in total. The molecule has 1 N–H and O–H groups in total. The maximum atomic E-state index is 10.0. The molecular formula is C21H18N4O2. The van der Waals surface area contributed by atoms with Gasteiger partial charge in [-0.2, -0.15) is 15.8 Å². The zero-order chi connectivity index (χ0) is 19.2. The number of hydrogen-bond donors (Lipinski definition) is 1. The topological polar surface area (TPSA) is 114 Å². The van der Waals surface area contributed by atoms with Crippen molar-refractivity contribution in [2.24, 2.45) is 23.2 Å². The summed E-state index contributed by atoms with van der Waals surface area (Å²) < 4.78 is 10.9. The normalized spacial score (nSPS) is 30.3. The lowest BCUT2D eigenvalue weighted by atomic mass is 9.52. The van der Waals surface area contributed by atoms with Gasteiger partial charge in [0, 0.05) is 5.92 Å². The number of nitriles is 3. The highest BCUT2D eigenvalue weighted by Crippen LogP contribution is 2.56. The molecule has 0 amide bonds. The molecule has 27 heavy (non-hydrogen) atoms. The molecule has 4 rings (SSSR count). The van der Waals surface area contributed by atoms with Gasteiger partial charge in [0.2, 0.25) is 6.79 Å². The van der Waals surface area contributed by atoms with Gasteiger partial charge in [0.05, 0.1) is 23.9 Å². The number of fused-ring (bicyclic) bond motifs is 2. The van der Waals surface area contributed by atoms with Crippen molar-refractivity contribution < 1.29 is 9.47 Å². The lowest BCUT2D eigenvalue weighted by molar-refractivity contribution is 0.174. The lowest BCUT2D eigenvalue weighted by Crippen LogP contribution is -2.49. The van der Waals surface area contributed by atoms with Crippen molar-refractivity contribution >= 4 is 5.71 Å². The van der Waals surface area contributed by atoms with E-state index < -0.39 is 17.3 Å². The first kappa shape index (κ1) is 17.1. The Bertz CT molecular complexity index is 961. The molecule has 2 aliphatic carbocycles. The molecule has 1 saturated carbocycles. The summed E-state index contributed by atoms with van der Waals surface area (Å²) in [7, 11) is 0. The van der Waals surface area contributed by atoms with E-state index in [-0.39, 0.29) is 18.4 Å². The quantitative estimate of drug-likeness (QED) is 0.769. The van der Waals surface area contributed by atoms with Crippen LogP contribution in [-0.4, -0.2) is 12.5 Å². The average Bonchev–Trinajstić information content (AvgIpc) is 3.15. The Morgan fingerprint density at radius 2 is 1.89 bits per heavy atom. The van der Waals surface area contributed by atoms with Gasteiger partial charge in [-0.1, -0.05) is 19.1 Å². The lowest BCUT2D eigenvalue weighted by Gasteiger charge is -2.46. The summed E-state index contributed by atoms with van der Waals surface area (Å²) in [6, 6.07) is 11.8. The second-order valence-electron chi connectivity index (χ2n) is 7.48. The molecule has 1 heterocycles. The molecule has 0 saturated heterocycles. The first-order chi connectivity index (χ1) is 13.1. The third-order valence-corrected chi connectivity index (χ3v) is 5.99. The first-order valence-electron chi connectivity index (χ1n) is 8.96. The molecule has 1 fully saturated rings. The van der Waals surface area contributed by atoms with Crippen molar-refractivity contribution in [1.82, 2.24) is 0 Å². The third kappa shape index (κ3) is 2.32. The summed E-state index contributed by atoms with van der Waals surface area (Å²) in [5.74, 6) is 0.136. The zero-order valence-electron chi connectivity index (χ0n) is 14.9. The van der Waals surface area contributed by atoms with Crippen molar-refractivity contribution in [1.29, 1.82) is 21.2 Å². The summed E-state index contributed by atoms with van der Waals surface area (Å²) >= 11 is 0. The SMILES string of the molecule is C[C@H]1CC=C2C(C#N)C(=N)C(C#N)(C#N)[C@H](c3ccc4c(c3)OCO4)[C@H]2C1. The molecule has 6 heteroatoms. The minimum absolute atomic E-state index is 0.116. The number of allylic oxidation sites excluding steroid dienone is 2. The second kappa shape index (κ2) is 6.15. The highest BCUT2D eigenvalue weighted by Gasteiger charge is 2.57. The molecular weight excluding hydrogens is 340 g/mol. The average molecular weight is 358 g/mol. The van der Waals surface area contributed by atoms with E-state index in [1.165, 1.54) is 0 Å². The van der Waals surface area contributed by atoms with Crippen molar-refractivity contribution in [2.45, 2.75) is 25.7 Å². The molecule has 1 aromatic rings. The Hall–Kier alpha value is -3.30. The number of nitrogens with one attached hydrogen (secondary N) is 1. The van der Waals surface area contributed by atoms with Crippen LogP contribution in [0.3, 0.4) is 0 Å². The van der Waals surface area contributed by atoms with Crippen LogP contribution in [0, 0.1) is 62.6 Å². The Morgan fingerprint density at radius 1 is 1.15 bits per heavy atom. The molecule has 134 valence electrons. The molecule has 1 aliphatic heterocycles. The van der Waals surface area contributed by atoms with Gasteiger partial charge in [0.15, 0.2) is 16.9 Å². The summed E-state index contributed by atoms with van der Waals surface area (Å²) in [5, 5.41) is 38.3. The highest BCUT2D eigenvalue weighted by molar-refractivity contribution is 6.00. The molecule has 3 aliphatic rings. The zero-order valence-corrected chi connectivity index (χ0v) is 14.9. The van der Waals surface area contributed by atoms with Crippen LogP contribution in [-0.2, 0) is 0 Å². The van der Waals surface area contributed by atoms with Gasteiger partial charge in [-0.3, -0.25) is 0 Å². The fraction of sp³-hybridized carbons (Fsp3) is 0.429. The maximum absolute atomic E-state index is 10.0. The Balaban J connectivity index is 1.93. The maximum Gasteiger partial charge on any atom is 0.231 e. The van der Waals surface area contributed by atoms with Gasteiger partial charge in [-0.25, -0.2) is 0 Å². The molecule has 1 unspecified atom stereocenters. The van der Waals surface area contributed by atoms with Gasteiger partial charge >= 0.3 is 0 Å². The first-order valence-corrected chi connectivity index (χ1v) is 8.96. The van der Waals surface area contributed by atoms with Crippen molar-refractivity contribution in [3.05, 3.63) is 35.4 Å². The number of nitrogens with zero attached hydrogens (tertiary/aromatic N) is 3. The van der Waals surface area contributed by atoms with Crippen LogP contribution < -0.4 is 9.47 Å². The van der Waals surface area contributed by atoms with E-state index in [1.54, 1.807) is 6.07 Å². The summed E-state index contributed by atoms with van der Waals surface area (Å²) in [4.78, 5) is 0. The largest absolute Gasteiger partial charge is 0.454 e. The van der Waals surface area contributed by atoms with Crippen LogP contribution in [0.4, 0.5) is 0 Å². The van der Waals surface area contributed by atoms with Crippen molar-refractivity contribution in [3.63, 3.8) is 0 Å². The van der Waals surface area contributed by atoms with E-state index in [0.717, 1.165) is 24.0 Å². The van der Waals surface area contributed by atoms with Crippen LogP contribution in [0.15, 0.2) is 29.8 Å². The molecule has 0 bridgehead atoms. The van der Waals surface area contributed by atoms with E-state index in [4.69, 9.17) is 14.9 Å². The highest BCUT2D eigenvalue weighted by atomic mass is 16.7. The van der Waals surface area contributed by atoms with Gasteiger partial charge in [-0.05, 0) is 47.9 Å². The van der Waals surface area contributed by atoms with Crippen molar-refractivity contribution in [3.8, 4) is 29.7 Å². The van der Waals surface area contributed by atoms with E-state index in [9.17, 15) is 15.8 Å².